The van der Waals surface area contributed by atoms with E-state index in [-0.39, 0.29) is 17.5 Å². The maximum atomic E-state index is 13.5. The number of methoxy groups -OCH3 is 1. The zero-order chi connectivity index (χ0) is 23.8. The lowest BCUT2D eigenvalue weighted by Crippen LogP contribution is -2.41. The number of sulfonamides is 1. The van der Waals surface area contributed by atoms with Crippen LogP contribution in [0.2, 0.25) is 0 Å². The molecule has 0 aliphatic heterocycles. The van der Waals surface area contributed by atoms with Crippen LogP contribution in [0.15, 0.2) is 83.8 Å². The minimum Gasteiger partial charge on any atom is -0.497 e. The molecule has 0 aromatic heterocycles. The second-order valence-corrected chi connectivity index (χ2v) is 9.18. The van der Waals surface area contributed by atoms with Crippen molar-refractivity contribution in [3.63, 3.8) is 0 Å². The maximum absolute atomic E-state index is 13.5. The van der Waals surface area contributed by atoms with Gasteiger partial charge < -0.3 is 14.8 Å². The lowest BCUT2D eigenvalue weighted by atomic mass is 10.1. The molecule has 3 aromatic rings. The third-order valence-electron chi connectivity index (χ3n) is 5.05. The first kappa shape index (κ1) is 24.1. The van der Waals surface area contributed by atoms with Crippen LogP contribution in [-0.2, 0) is 14.8 Å². The highest BCUT2D eigenvalue weighted by atomic mass is 32.2. The van der Waals surface area contributed by atoms with Crippen LogP contribution in [0.25, 0.3) is 0 Å². The number of hydrogen-bond donors (Lipinski definition) is 1. The highest BCUT2D eigenvalue weighted by molar-refractivity contribution is 7.92. The van der Waals surface area contributed by atoms with E-state index < -0.39 is 15.9 Å². The fourth-order valence-corrected chi connectivity index (χ4v) is 4.73. The van der Waals surface area contributed by atoms with Gasteiger partial charge in [-0.15, -0.1) is 0 Å². The van der Waals surface area contributed by atoms with Gasteiger partial charge in [-0.05, 0) is 67.9 Å². The van der Waals surface area contributed by atoms with Crippen molar-refractivity contribution in [1.29, 1.82) is 0 Å². The summed E-state index contributed by atoms with van der Waals surface area (Å²) < 4.78 is 38.6. The second kappa shape index (κ2) is 10.9. The van der Waals surface area contributed by atoms with Gasteiger partial charge in [0.15, 0.2) is 0 Å². The summed E-state index contributed by atoms with van der Waals surface area (Å²) in [7, 11) is -2.40. The lowest BCUT2D eigenvalue weighted by Gasteiger charge is -2.25. The summed E-state index contributed by atoms with van der Waals surface area (Å²) in [5.74, 6) is 0.874. The Morgan fingerprint density at radius 1 is 0.939 bits per heavy atom. The first-order valence-corrected chi connectivity index (χ1v) is 12.0. The molecule has 0 bridgehead atoms. The second-order valence-electron chi connectivity index (χ2n) is 7.31. The average molecular weight is 469 g/mol. The molecule has 8 heteroatoms. The number of para-hydroxylation sites is 1. The number of rotatable bonds is 10. The number of hydrogen-bond acceptors (Lipinski definition) is 5. The standard InChI is InChI=1S/C25H28N2O5S/c1-4-32-23-14-16-24(17-15-23)33(29,30)27(21-8-6-5-7-9-21)18-25(28)26-19(2)20-10-12-22(31-3)13-11-20/h5-17,19H,4,18H2,1-3H3,(H,26,28)/t19-/m0/s1. The van der Waals surface area contributed by atoms with E-state index in [4.69, 9.17) is 9.47 Å². The van der Waals surface area contributed by atoms with Crippen molar-refractivity contribution in [3.05, 3.63) is 84.4 Å². The first-order chi connectivity index (χ1) is 15.8. The quantitative estimate of drug-likeness (QED) is 0.483. The number of carbonyl (C=O) groups excluding carboxylic acids is 1. The number of nitrogens with zero attached hydrogens (tertiary/aromatic N) is 1. The molecule has 0 unspecified atom stereocenters. The van der Waals surface area contributed by atoms with E-state index in [9.17, 15) is 13.2 Å². The topological polar surface area (TPSA) is 84.9 Å². The molecule has 0 saturated carbocycles. The van der Waals surface area contributed by atoms with Crippen LogP contribution in [0.4, 0.5) is 5.69 Å². The molecule has 0 aliphatic carbocycles. The average Bonchev–Trinajstić information content (AvgIpc) is 2.83. The number of carbonyl (C=O) groups is 1. The smallest absolute Gasteiger partial charge is 0.264 e. The maximum Gasteiger partial charge on any atom is 0.264 e. The summed E-state index contributed by atoms with van der Waals surface area (Å²) in [6.07, 6.45) is 0. The molecule has 3 aromatic carbocycles. The van der Waals surface area contributed by atoms with E-state index in [1.165, 1.54) is 12.1 Å². The molecule has 1 atom stereocenters. The predicted molar refractivity (Wildman–Crippen MR) is 128 cm³/mol. The Balaban J connectivity index is 1.82. The Morgan fingerprint density at radius 2 is 1.55 bits per heavy atom. The van der Waals surface area contributed by atoms with E-state index >= 15 is 0 Å². The van der Waals surface area contributed by atoms with Crippen molar-refractivity contribution in [2.45, 2.75) is 24.8 Å². The molecule has 1 amide bonds. The summed E-state index contributed by atoms with van der Waals surface area (Å²) >= 11 is 0. The summed E-state index contributed by atoms with van der Waals surface area (Å²) in [6, 6.07) is 21.8. The molecule has 0 fully saturated rings. The molecule has 3 rings (SSSR count). The van der Waals surface area contributed by atoms with Crippen LogP contribution in [0, 0.1) is 0 Å². The van der Waals surface area contributed by atoms with Crippen LogP contribution in [0.5, 0.6) is 11.5 Å². The van der Waals surface area contributed by atoms with Crippen molar-refractivity contribution in [2.24, 2.45) is 0 Å². The first-order valence-electron chi connectivity index (χ1n) is 10.6. The molecular weight excluding hydrogens is 440 g/mol. The van der Waals surface area contributed by atoms with E-state index in [1.54, 1.807) is 49.6 Å². The summed E-state index contributed by atoms with van der Waals surface area (Å²) in [6.45, 7) is 3.82. The van der Waals surface area contributed by atoms with Gasteiger partial charge in [0, 0.05) is 0 Å². The third-order valence-corrected chi connectivity index (χ3v) is 6.84. The van der Waals surface area contributed by atoms with Crippen molar-refractivity contribution in [1.82, 2.24) is 5.32 Å². The molecular formula is C25H28N2O5S. The highest BCUT2D eigenvalue weighted by Crippen LogP contribution is 2.25. The monoisotopic (exact) mass is 468 g/mol. The zero-order valence-electron chi connectivity index (χ0n) is 18.9. The van der Waals surface area contributed by atoms with Crippen LogP contribution in [0.1, 0.15) is 25.5 Å². The van der Waals surface area contributed by atoms with Gasteiger partial charge in [0.1, 0.15) is 18.0 Å². The Labute approximate surface area is 195 Å². The van der Waals surface area contributed by atoms with Crippen molar-refractivity contribution in [2.75, 3.05) is 24.6 Å². The predicted octanol–water partition coefficient (Wildman–Crippen LogP) is 4.17. The summed E-state index contributed by atoms with van der Waals surface area (Å²) in [5.41, 5.74) is 1.28. The summed E-state index contributed by atoms with van der Waals surface area (Å²) in [5, 5.41) is 2.88. The number of nitrogens with one attached hydrogen (secondary N) is 1. The Bertz CT molecular complexity index is 1150. The van der Waals surface area contributed by atoms with Crippen molar-refractivity contribution < 1.29 is 22.7 Å². The molecule has 0 radical (unpaired) electrons. The number of amides is 1. The minimum atomic E-state index is -3.99. The number of ether oxygens (including phenoxy) is 2. The van der Waals surface area contributed by atoms with Crippen molar-refractivity contribution >= 4 is 21.6 Å². The van der Waals surface area contributed by atoms with Gasteiger partial charge in [-0.25, -0.2) is 8.42 Å². The molecule has 1 N–H and O–H groups in total. The van der Waals surface area contributed by atoms with Gasteiger partial charge >= 0.3 is 0 Å². The molecule has 0 spiro atoms. The Morgan fingerprint density at radius 3 is 2.12 bits per heavy atom. The highest BCUT2D eigenvalue weighted by Gasteiger charge is 2.27. The van der Waals surface area contributed by atoms with Crippen LogP contribution >= 0.6 is 0 Å². The van der Waals surface area contributed by atoms with Crippen molar-refractivity contribution in [3.8, 4) is 11.5 Å². The van der Waals surface area contributed by atoms with Crippen LogP contribution in [-0.4, -0.2) is 34.6 Å². The largest absolute Gasteiger partial charge is 0.497 e. The van der Waals surface area contributed by atoms with E-state index in [1.807, 2.05) is 38.1 Å². The van der Waals surface area contributed by atoms with Gasteiger partial charge in [0.2, 0.25) is 5.91 Å². The molecule has 33 heavy (non-hydrogen) atoms. The van der Waals surface area contributed by atoms with E-state index in [2.05, 4.69) is 5.32 Å². The molecule has 0 heterocycles. The van der Waals surface area contributed by atoms with Crippen LogP contribution in [0.3, 0.4) is 0 Å². The van der Waals surface area contributed by atoms with E-state index in [0.717, 1.165) is 9.87 Å². The van der Waals surface area contributed by atoms with Gasteiger partial charge in [-0.3, -0.25) is 9.10 Å². The normalized spacial score (nSPS) is 12.0. The number of benzene rings is 3. The molecule has 174 valence electrons. The summed E-state index contributed by atoms with van der Waals surface area (Å²) in [4.78, 5) is 13.0. The fraction of sp³-hybridized carbons (Fsp3) is 0.240. The SMILES string of the molecule is CCOc1ccc(S(=O)(=O)N(CC(=O)N[C@@H](C)c2ccc(OC)cc2)c2ccccc2)cc1. The Hall–Kier alpha value is -3.52. The van der Waals surface area contributed by atoms with Crippen LogP contribution < -0.4 is 19.1 Å². The molecule has 0 saturated heterocycles. The zero-order valence-corrected chi connectivity index (χ0v) is 19.7. The number of anilines is 1. The minimum absolute atomic E-state index is 0.0748. The fourth-order valence-electron chi connectivity index (χ4n) is 3.30. The lowest BCUT2D eigenvalue weighted by molar-refractivity contribution is -0.120. The van der Waals surface area contributed by atoms with E-state index in [0.29, 0.717) is 23.8 Å². The third kappa shape index (κ3) is 6.04. The molecule has 7 nitrogen and oxygen atoms in total. The molecule has 0 aliphatic rings. The van der Waals surface area contributed by atoms with Gasteiger partial charge in [0.25, 0.3) is 10.0 Å². The van der Waals surface area contributed by atoms with Gasteiger partial charge in [-0.2, -0.15) is 0 Å². The van der Waals surface area contributed by atoms with Gasteiger partial charge in [0.05, 0.1) is 30.3 Å². The van der Waals surface area contributed by atoms with Gasteiger partial charge in [-0.1, -0.05) is 30.3 Å². The Kier molecular flexibility index (Phi) is 7.95.